The van der Waals surface area contributed by atoms with Gasteiger partial charge in [-0.3, -0.25) is 4.79 Å². The van der Waals surface area contributed by atoms with E-state index in [0.29, 0.717) is 22.7 Å². The first-order valence-corrected chi connectivity index (χ1v) is 8.51. The Morgan fingerprint density at radius 1 is 1.08 bits per heavy atom. The molecule has 26 heavy (non-hydrogen) atoms. The third kappa shape index (κ3) is 5.93. The number of unbranched alkanes of at least 4 members (excludes halogenated alkanes) is 2. The van der Waals surface area contributed by atoms with E-state index in [0.717, 1.165) is 31.6 Å². The zero-order valence-corrected chi connectivity index (χ0v) is 15.1. The second-order valence-electron chi connectivity index (χ2n) is 5.70. The van der Waals surface area contributed by atoms with Crippen LogP contribution in [-0.4, -0.2) is 43.4 Å². The summed E-state index contributed by atoms with van der Waals surface area (Å²) >= 11 is 0. The molecule has 7 nitrogen and oxygen atoms in total. The smallest absolute Gasteiger partial charge is 0.255 e. The van der Waals surface area contributed by atoms with E-state index in [-0.39, 0.29) is 12.5 Å². The number of hydrogen-bond donors (Lipinski definition) is 3. The van der Waals surface area contributed by atoms with Crippen molar-refractivity contribution in [3.05, 3.63) is 42.1 Å². The predicted octanol–water partition coefficient (Wildman–Crippen LogP) is 2.93. The lowest BCUT2D eigenvalue weighted by Gasteiger charge is -2.10. The van der Waals surface area contributed by atoms with Crippen LogP contribution in [0.25, 0.3) is 0 Å². The molecule has 0 spiro atoms. The van der Waals surface area contributed by atoms with E-state index in [2.05, 4.69) is 15.6 Å². The number of aliphatic hydroxyl groups is 1. The molecule has 0 fully saturated rings. The van der Waals surface area contributed by atoms with Gasteiger partial charge in [-0.05, 0) is 43.5 Å². The Morgan fingerprint density at radius 3 is 2.38 bits per heavy atom. The van der Waals surface area contributed by atoms with Crippen LogP contribution in [0.1, 0.15) is 29.6 Å². The van der Waals surface area contributed by atoms with E-state index < -0.39 is 0 Å². The van der Waals surface area contributed by atoms with Crippen molar-refractivity contribution in [2.75, 3.05) is 38.0 Å². The fraction of sp³-hybridized carbons (Fsp3) is 0.368. The molecule has 0 aliphatic heterocycles. The number of amides is 1. The fourth-order valence-electron chi connectivity index (χ4n) is 2.34. The number of nitrogens with zero attached hydrogens (tertiary/aromatic N) is 1. The third-order valence-electron chi connectivity index (χ3n) is 3.78. The highest BCUT2D eigenvalue weighted by atomic mass is 16.5. The number of ether oxygens (including phenoxy) is 2. The lowest BCUT2D eigenvalue weighted by atomic mass is 10.2. The molecule has 1 amide bonds. The van der Waals surface area contributed by atoms with E-state index in [1.807, 2.05) is 6.07 Å². The van der Waals surface area contributed by atoms with Crippen LogP contribution in [0.2, 0.25) is 0 Å². The summed E-state index contributed by atoms with van der Waals surface area (Å²) in [6, 6.07) is 8.60. The number of carbonyl (C=O) groups is 1. The van der Waals surface area contributed by atoms with Crippen LogP contribution in [0.3, 0.4) is 0 Å². The first-order chi connectivity index (χ1) is 12.7. The molecule has 0 aliphatic carbocycles. The number of rotatable bonds is 10. The van der Waals surface area contributed by atoms with Crippen molar-refractivity contribution < 1.29 is 19.4 Å². The molecule has 1 aromatic carbocycles. The minimum absolute atomic E-state index is 0.228. The van der Waals surface area contributed by atoms with Gasteiger partial charge in [-0.15, -0.1) is 0 Å². The number of benzene rings is 1. The van der Waals surface area contributed by atoms with Crippen LogP contribution in [0.4, 0.5) is 11.5 Å². The van der Waals surface area contributed by atoms with E-state index in [4.69, 9.17) is 14.6 Å². The van der Waals surface area contributed by atoms with Gasteiger partial charge in [0, 0.05) is 24.8 Å². The van der Waals surface area contributed by atoms with Gasteiger partial charge in [0.25, 0.3) is 5.91 Å². The van der Waals surface area contributed by atoms with Crippen molar-refractivity contribution in [1.29, 1.82) is 0 Å². The Balaban J connectivity index is 1.93. The van der Waals surface area contributed by atoms with Gasteiger partial charge in [0.05, 0.1) is 26.1 Å². The van der Waals surface area contributed by atoms with Gasteiger partial charge < -0.3 is 25.2 Å². The van der Waals surface area contributed by atoms with E-state index >= 15 is 0 Å². The largest absolute Gasteiger partial charge is 0.497 e. The van der Waals surface area contributed by atoms with Gasteiger partial charge in [-0.1, -0.05) is 0 Å². The first-order valence-electron chi connectivity index (χ1n) is 8.51. The molecular weight excluding hydrogens is 334 g/mol. The van der Waals surface area contributed by atoms with Crippen molar-refractivity contribution in [3.63, 3.8) is 0 Å². The summed E-state index contributed by atoms with van der Waals surface area (Å²) in [5.41, 5.74) is 1.04. The van der Waals surface area contributed by atoms with Crippen molar-refractivity contribution in [1.82, 2.24) is 4.98 Å². The third-order valence-corrected chi connectivity index (χ3v) is 3.78. The summed E-state index contributed by atoms with van der Waals surface area (Å²) in [5, 5.41) is 14.8. The molecule has 0 aliphatic rings. The maximum absolute atomic E-state index is 12.4. The molecule has 0 saturated carbocycles. The SMILES string of the molecule is COc1cc(OC)cc(C(=O)Nc2ccc(NCCCCCO)nc2)c1. The van der Waals surface area contributed by atoms with E-state index in [1.54, 1.807) is 30.5 Å². The highest BCUT2D eigenvalue weighted by Crippen LogP contribution is 2.23. The van der Waals surface area contributed by atoms with Crippen LogP contribution in [-0.2, 0) is 0 Å². The molecule has 140 valence electrons. The number of aromatic nitrogens is 1. The Kier molecular flexibility index (Phi) is 7.70. The molecule has 0 atom stereocenters. The average molecular weight is 359 g/mol. The topological polar surface area (TPSA) is 92.7 Å². The maximum atomic E-state index is 12.4. The molecule has 1 aromatic heterocycles. The summed E-state index contributed by atoms with van der Waals surface area (Å²) in [6.07, 6.45) is 4.36. The van der Waals surface area contributed by atoms with Crippen molar-refractivity contribution in [2.24, 2.45) is 0 Å². The van der Waals surface area contributed by atoms with Gasteiger partial charge >= 0.3 is 0 Å². The summed E-state index contributed by atoms with van der Waals surface area (Å²) < 4.78 is 10.4. The number of pyridine rings is 1. The molecule has 3 N–H and O–H groups in total. The summed E-state index contributed by atoms with van der Waals surface area (Å²) in [5.74, 6) is 1.57. The van der Waals surface area contributed by atoms with Gasteiger partial charge in [0.1, 0.15) is 17.3 Å². The van der Waals surface area contributed by atoms with Gasteiger partial charge in [0.2, 0.25) is 0 Å². The molecule has 2 aromatic rings. The molecule has 1 heterocycles. The number of carbonyl (C=O) groups excluding carboxylic acids is 1. The summed E-state index contributed by atoms with van der Waals surface area (Å²) in [7, 11) is 3.08. The number of methoxy groups -OCH3 is 2. The number of nitrogens with one attached hydrogen (secondary N) is 2. The Morgan fingerprint density at radius 2 is 1.81 bits per heavy atom. The standard InChI is InChI=1S/C19H25N3O4/c1-25-16-10-14(11-17(12-16)26-2)19(24)22-15-6-7-18(21-13-15)20-8-4-3-5-9-23/h6-7,10-13,23H,3-5,8-9H2,1-2H3,(H,20,21)(H,22,24). The Labute approximate surface area is 153 Å². The first kappa shape index (κ1) is 19.5. The monoisotopic (exact) mass is 359 g/mol. The predicted molar refractivity (Wildman–Crippen MR) is 101 cm³/mol. The highest BCUT2D eigenvalue weighted by molar-refractivity contribution is 6.04. The van der Waals surface area contributed by atoms with Crippen molar-refractivity contribution in [2.45, 2.75) is 19.3 Å². The second kappa shape index (κ2) is 10.2. The maximum Gasteiger partial charge on any atom is 0.255 e. The molecule has 2 rings (SSSR count). The number of anilines is 2. The Bertz CT molecular complexity index is 682. The van der Waals surface area contributed by atoms with Crippen LogP contribution < -0.4 is 20.1 Å². The van der Waals surface area contributed by atoms with Gasteiger partial charge in [0.15, 0.2) is 0 Å². The minimum atomic E-state index is -0.270. The van der Waals surface area contributed by atoms with Crippen molar-refractivity contribution in [3.8, 4) is 11.5 Å². The van der Waals surface area contributed by atoms with Crippen molar-refractivity contribution >= 4 is 17.4 Å². The van der Waals surface area contributed by atoms with Crippen LogP contribution in [0.5, 0.6) is 11.5 Å². The fourth-order valence-corrected chi connectivity index (χ4v) is 2.34. The van der Waals surface area contributed by atoms with E-state index in [9.17, 15) is 4.79 Å². The van der Waals surface area contributed by atoms with Crippen LogP contribution in [0.15, 0.2) is 36.5 Å². The molecule has 7 heteroatoms. The zero-order valence-electron chi connectivity index (χ0n) is 15.1. The molecule has 0 unspecified atom stereocenters. The van der Waals surface area contributed by atoms with Gasteiger partial charge in [-0.25, -0.2) is 4.98 Å². The quantitative estimate of drug-likeness (QED) is 0.565. The normalized spacial score (nSPS) is 10.3. The molecule has 0 bridgehead atoms. The average Bonchev–Trinajstić information content (AvgIpc) is 2.68. The van der Waals surface area contributed by atoms with Crippen LogP contribution in [0, 0.1) is 0 Å². The minimum Gasteiger partial charge on any atom is -0.497 e. The Hall–Kier alpha value is -2.80. The lowest BCUT2D eigenvalue weighted by molar-refractivity contribution is 0.102. The lowest BCUT2D eigenvalue weighted by Crippen LogP contribution is -2.12. The summed E-state index contributed by atoms with van der Waals surface area (Å²) in [4.78, 5) is 16.7. The highest BCUT2D eigenvalue weighted by Gasteiger charge is 2.10. The zero-order chi connectivity index (χ0) is 18.8. The van der Waals surface area contributed by atoms with Gasteiger partial charge in [-0.2, -0.15) is 0 Å². The van der Waals surface area contributed by atoms with Crippen LogP contribution >= 0.6 is 0 Å². The summed E-state index contributed by atoms with van der Waals surface area (Å²) in [6.45, 7) is 1.02. The second-order valence-corrected chi connectivity index (χ2v) is 5.70. The molecule has 0 saturated heterocycles. The molecular formula is C19H25N3O4. The number of hydrogen-bond acceptors (Lipinski definition) is 6. The number of aliphatic hydroxyl groups excluding tert-OH is 1. The molecule has 0 radical (unpaired) electrons. The van der Waals surface area contributed by atoms with E-state index in [1.165, 1.54) is 14.2 Å².